The summed E-state index contributed by atoms with van der Waals surface area (Å²) in [6.07, 6.45) is 2.02. The Morgan fingerprint density at radius 1 is 1.17 bits per heavy atom. The third-order valence-corrected chi connectivity index (χ3v) is 3.65. The van der Waals surface area contributed by atoms with E-state index in [4.69, 9.17) is 5.73 Å². The van der Waals surface area contributed by atoms with Crippen molar-refractivity contribution in [2.45, 2.75) is 51.5 Å². The van der Waals surface area contributed by atoms with Crippen molar-refractivity contribution in [3.8, 4) is 0 Å². The van der Waals surface area contributed by atoms with E-state index in [1.54, 1.807) is 0 Å². The molecule has 0 atom stereocenters. The predicted octanol–water partition coefficient (Wildman–Crippen LogP) is 2.09. The summed E-state index contributed by atoms with van der Waals surface area (Å²) in [7, 11) is 0. The van der Waals surface area contributed by atoms with Gasteiger partial charge in [0.1, 0.15) is 0 Å². The van der Waals surface area contributed by atoms with Crippen LogP contribution in [-0.2, 0) is 5.41 Å². The van der Waals surface area contributed by atoms with Gasteiger partial charge in [-0.1, -0.05) is 20.8 Å². The molecule has 1 aromatic rings. The van der Waals surface area contributed by atoms with E-state index >= 15 is 0 Å². The lowest BCUT2D eigenvalue weighted by Crippen LogP contribution is -2.48. The van der Waals surface area contributed by atoms with Crippen molar-refractivity contribution < 1.29 is 0 Å². The second kappa shape index (κ2) is 4.50. The maximum atomic E-state index is 6.14. The van der Waals surface area contributed by atoms with Crippen molar-refractivity contribution >= 4 is 5.82 Å². The van der Waals surface area contributed by atoms with Crippen molar-refractivity contribution in [1.82, 2.24) is 10.2 Å². The third-order valence-electron chi connectivity index (χ3n) is 3.65. The molecule has 0 unspecified atom stereocenters. The monoisotopic (exact) mass is 248 g/mol. The van der Waals surface area contributed by atoms with Gasteiger partial charge < -0.3 is 10.6 Å². The maximum Gasteiger partial charge on any atom is 0.151 e. The standard InChI is InChI=1S/C14H24N4/c1-13(2,3)11-5-6-12(17-16-11)18-9-7-14(4,15)8-10-18/h5-6H,7-10,15H2,1-4H3. The second-order valence-electron chi connectivity index (χ2n) is 6.67. The molecule has 100 valence electrons. The Morgan fingerprint density at radius 3 is 2.22 bits per heavy atom. The van der Waals surface area contributed by atoms with E-state index in [0.717, 1.165) is 37.4 Å². The molecule has 4 nitrogen and oxygen atoms in total. The first-order valence-electron chi connectivity index (χ1n) is 6.66. The Hall–Kier alpha value is -1.16. The molecule has 0 amide bonds. The molecule has 4 heteroatoms. The van der Waals surface area contributed by atoms with E-state index in [0.29, 0.717) is 0 Å². The number of aromatic nitrogens is 2. The van der Waals surface area contributed by atoms with Crippen LogP contribution in [0.4, 0.5) is 5.82 Å². The minimum atomic E-state index is -0.0186. The van der Waals surface area contributed by atoms with E-state index in [-0.39, 0.29) is 11.0 Å². The number of nitrogens with two attached hydrogens (primary N) is 1. The van der Waals surface area contributed by atoms with Gasteiger partial charge in [-0.2, -0.15) is 5.10 Å². The van der Waals surface area contributed by atoms with Crippen molar-refractivity contribution in [2.75, 3.05) is 18.0 Å². The smallest absolute Gasteiger partial charge is 0.151 e. The molecule has 1 aromatic heterocycles. The number of hydrogen-bond acceptors (Lipinski definition) is 4. The summed E-state index contributed by atoms with van der Waals surface area (Å²) in [4.78, 5) is 2.27. The van der Waals surface area contributed by atoms with E-state index < -0.39 is 0 Å². The summed E-state index contributed by atoms with van der Waals surface area (Å²) in [5.74, 6) is 0.971. The zero-order valence-corrected chi connectivity index (χ0v) is 11.9. The molecule has 2 heterocycles. The summed E-state index contributed by atoms with van der Waals surface area (Å²) in [6, 6.07) is 4.16. The molecule has 0 aliphatic carbocycles. The van der Waals surface area contributed by atoms with Crippen LogP contribution in [0.15, 0.2) is 12.1 Å². The molecule has 1 saturated heterocycles. The highest BCUT2D eigenvalue weighted by Gasteiger charge is 2.26. The highest BCUT2D eigenvalue weighted by Crippen LogP contribution is 2.24. The molecule has 18 heavy (non-hydrogen) atoms. The Balaban J connectivity index is 2.07. The van der Waals surface area contributed by atoms with Crippen molar-refractivity contribution in [3.63, 3.8) is 0 Å². The highest BCUT2D eigenvalue weighted by atomic mass is 15.3. The van der Waals surface area contributed by atoms with Crippen LogP contribution in [0.2, 0.25) is 0 Å². The summed E-state index contributed by atoms with van der Waals surface area (Å²) < 4.78 is 0. The number of nitrogens with zero attached hydrogens (tertiary/aromatic N) is 3. The number of hydrogen-bond donors (Lipinski definition) is 1. The van der Waals surface area contributed by atoms with Gasteiger partial charge in [0.2, 0.25) is 0 Å². The Morgan fingerprint density at radius 2 is 1.78 bits per heavy atom. The van der Waals surface area contributed by atoms with Crippen LogP contribution in [0.3, 0.4) is 0 Å². The van der Waals surface area contributed by atoms with Crippen LogP contribution in [0, 0.1) is 0 Å². The molecule has 2 N–H and O–H groups in total. The predicted molar refractivity (Wildman–Crippen MR) is 74.8 cm³/mol. The first-order chi connectivity index (χ1) is 8.28. The number of anilines is 1. The average molecular weight is 248 g/mol. The Labute approximate surface area is 110 Å². The van der Waals surface area contributed by atoms with Gasteiger partial charge in [0.15, 0.2) is 5.82 Å². The van der Waals surface area contributed by atoms with Gasteiger partial charge in [0, 0.05) is 24.0 Å². The molecule has 1 aliphatic rings. The normalized spacial score (nSPS) is 19.9. The molecule has 0 bridgehead atoms. The topological polar surface area (TPSA) is 55.0 Å². The third kappa shape index (κ3) is 2.99. The fraction of sp³-hybridized carbons (Fsp3) is 0.714. The lowest BCUT2D eigenvalue weighted by Gasteiger charge is -2.37. The molecular weight excluding hydrogens is 224 g/mol. The molecule has 1 aliphatic heterocycles. The molecule has 2 rings (SSSR count). The molecule has 0 spiro atoms. The zero-order chi connectivity index (χ0) is 13.4. The molecule has 0 aromatic carbocycles. The fourth-order valence-corrected chi connectivity index (χ4v) is 2.14. The van der Waals surface area contributed by atoms with Crippen LogP contribution in [0.25, 0.3) is 0 Å². The summed E-state index contributed by atoms with van der Waals surface area (Å²) in [5, 5.41) is 8.69. The Bertz CT molecular complexity index is 393. The fourth-order valence-electron chi connectivity index (χ4n) is 2.14. The summed E-state index contributed by atoms with van der Waals surface area (Å²) in [6.45, 7) is 10.5. The SMILES string of the molecule is CC1(N)CCN(c2ccc(C(C)(C)C)nn2)CC1. The van der Waals surface area contributed by atoms with Crippen LogP contribution in [0.1, 0.15) is 46.2 Å². The van der Waals surface area contributed by atoms with Gasteiger partial charge in [-0.05, 0) is 31.9 Å². The van der Waals surface area contributed by atoms with E-state index in [2.05, 4.69) is 54.9 Å². The second-order valence-corrected chi connectivity index (χ2v) is 6.67. The van der Waals surface area contributed by atoms with E-state index in [1.165, 1.54) is 0 Å². The first-order valence-corrected chi connectivity index (χ1v) is 6.66. The quantitative estimate of drug-likeness (QED) is 0.827. The van der Waals surface area contributed by atoms with Crippen LogP contribution >= 0.6 is 0 Å². The van der Waals surface area contributed by atoms with Crippen molar-refractivity contribution in [3.05, 3.63) is 17.8 Å². The van der Waals surface area contributed by atoms with Gasteiger partial charge in [0.05, 0.1) is 5.69 Å². The minimum Gasteiger partial charge on any atom is -0.355 e. The number of rotatable bonds is 1. The molecule has 1 fully saturated rings. The zero-order valence-electron chi connectivity index (χ0n) is 11.9. The van der Waals surface area contributed by atoms with Crippen LogP contribution < -0.4 is 10.6 Å². The minimum absolute atomic E-state index is 0.0186. The van der Waals surface area contributed by atoms with Crippen LogP contribution in [0.5, 0.6) is 0 Å². The van der Waals surface area contributed by atoms with Gasteiger partial charge >= 0.3 is 0 Å². The van der Waals surface area contributed by atoms with Crippen LogP contribution in [-0.4, -0.2) is 28.8 Å². The van der Waals surface area contributed by atoms with Gasteiger partial charge in [-0.3, -0.25) is 0 Å². The molecule has 0 saturated carbocycles. The van der Waals surface area contributed by atoms with Gasteiger partial charge in [-0.15, -0.1) is 5.10 Å². The lowest BCUT2D eigenvalue weighted by molar-refractivity contribution is 0.362. The Kier molecular flexibility index (Phi) is 3.32. The number of piperidine rings is 1. The lowest BCUT2D eigenvalue weighted by atomic mass is 9.91. The summed E-state index contributed by atoms with van der Waals surface area (Å²) in [5.41, 5.74) is 7.21. The van der Waals surface area contributed by atoms with Crippen molar-refractivity contribution in [2.24, 2.45) is 5.73 Å². The van der Waals surface area contributed by atoms with Gasteiger partial charge in [0.25, 0.3) is 0 Å². The average Bonchev–Trinajstić information content (AvgIpc) is 2.28. The highest BCUT2D eigenvalue weighted by molar-refractivity contribution is 5.38. The largest absolute Gasteiger partial charge is 0.355 e. The summed E-state index contributed by atoms with van der Waals surface area (Å²) >= 11 is 0. The maximum absolute atomic E-state index is 6.14. The van der Waals surface area contributed by atoms with Crippen molar-refractivity contribution in [1.29, 1.82) is 0 Å². The molecule has 0 radical (unpaired) electrons. The first kappa shape index (κ1) is 13.3. The van der Waals surface area contributed by atoms with E-state index in [9.17, 15) is 0 Å². The van der Waals surface area contributed by atoms with E-state index in [1.807, 2.05) is 0 Å². The van der Waals surface area contributed by atoms with Gasteiger partial charge in [-0.25, -0.2) is 0 Å². The molecular formula is C14H24N4.